The van der Waals surface area contributed by atoms with Crippen LogP contribution in [0.1, 0.15) is 42.7 Å². The van der Waals surface area contributed by atoms with E-state index in [4.69, 9.17) is 4.74 Å². The van der Waals surface area contributed by atoms with E-state index in [1.54, 1.807) is 17.1 Å². The molecule has 1 aliphatic heterocycles. The molecule has 2 aromatic heterocycles. The Morgan fingerprint density at radius 2 is 2.11 bits per heavy atom. The van der Waals surface area contributed by atoms with Crippen LogP contribution in [0.3, 0.4) is 0 Å². The van der Waals surface area contributed by atoms with E-state index in [0.29, 0.717) is 11.4 Å². The Labute approximate surface area is 160 Å². The molecule has 3 heterocycles. The zero-order valence-corrected chi connectivity index (χ0v) is 16.4. The van der Waals surface area contributed by atoms with Crippen LogP contribution in [0.4, 0.5) is 0 Å². The van der Waals surface area contributed by atoms with Crippen molar-refractivity contribution in [3.05, 3.63) is 41.9 Å². The van der Waals surface area contributed by atoms with Crippen molar-refractivity contribution >= 4 is 5.91 Å². The van der Waals surface area contributed by atoms with E-state index in [1.807, 2.05) is 25.1 Å². The van der Waals surface area contributed by atoms with Crippen LogP contribution in [0, 0.1) is 6.92 Å². The van der Waals surface area contributed by atoms with Gasteiger partial charge in [0, 0.05) is 31.9 Å². The summed E-state index contributed by atoms with van der Waals surface area (Å²) in [6.45, 7) is 9.69. The standard InChI is InChI=1S/C20H29N5O2/c1-15(2)27-13-12-24-10-7-17(8-11-24)23-20(26)18-14-22-25(16(18)3)19-6-4-5-9-21-19/h4-6,9,14-15,17H,7-8,10-13H2,1-3H3,(H,23,26). The maximum atomic E-state index is 12.7. The SMILES string of the molecule is Cc1c(C(=O)NC2CCN(CCOC(C)C)CC2)cnn1-c1ccccn1. The normalized spacial score (nSPS) is 16.0. The van der Waals surface area contributed by atoms with Crippen molar-refractivity contribution in [2.24, 2.45) is 0 Å². The van der Waals surface area contributed by atoms with Crippen LogP contribution in [0.5, 0.6) is 0 Å². The topological polar surface area (TPSA) is 72.3 Å². The predicted octanol–water partition coefficient (Wildman–Crippen LogP) is 2.19. The third kappa shape index (κ3) is 5.14. The number of nitrogens with zero attached hydrogens (tertiary/aromatic N) is 4. The van der Waals surface area contributed by atoms with Crippen LogP contribution in [0.2, 0.25) is 0 Å². The second-order valence-electron chi connectivity index (χ2n) is 7.25. The van der Waals surface area contributed by atoms with E-state index >= 15 is 0 Å². The minimum absolute atomic E-state index is 0.0590. The lowest BCUT2D eigenvalue weighted by molar-refractivity contribution is 0.0520. The smallest absolute Gasteiger partial charge is 0.254 e. The molecule has 1 amide bonds. The predicted molar refractivity (Wildman–Crippen MR) is 104 cm³/mol. The average molecular weight is 371 g/mol. The lowest BCUT2D eigenvalue weighted by Gasteiger charge is -2.32. The summed E-state index contributed by atoms with van der Waals surface area (Å²) in [5, 5.41) is 7.50. The molecule has 0 spiro atoms. The van der Waals surface area contributed by atoms with Crippen molar-refractivity contribution in [2.75, 3.05) is 26.2 Å². The second kappa shape index (κ2) is 9.10. The number of carbonyl (C=O) groups is 1. The van der Waals surface area contributed by atoms with Crippen LogP contribution < -0.4 is 5.32 Å². The molecule has 1 fully saturated rings. The first kappa shape index (κ1) is 19.5. The van der Waals surface area contributed by atoms with Gasteiger partial charge in [-0.25, -0.2) is 9.67 Å². The molecule has 1 N–H and O–H groups in total. The molecule has 7 nitrogen and oxygen atoms in total. The summed E-state index contributed by atoms with van der Waals surface area (Å²) in [5.74, 6) is 0.655. The molecular formula is C20H29N5O2. The van der Waals surface area contributed by atoms with Crippen LogP contribution in [-0.4, -0.2) is 64.0 Å². The van der Waals surface area contributed by atoms with Gasteiger partial charge < -0.3 is 15.0 Å². The van der Waals surface area contributed by atoms with Gasteiger partial charge in [0.25, 0.3) is 5.91 Å². The first-order valence-corrected chi connectivity index (χ1v) is 9.65. The quantitative estimate of drug-likeness (QED) is 0.808. The Morgan fingerprint density at radius 1 is 1.33 bits per heavy atom. The number of hydrogen-bond donors (Lipinski definition) is 1. The van der Waals surface area contributed by atoms with Gasteiger partial charge in [-0.05, 0) is 45.7 Å². The maximum Gasteiger partial charge on any atom is 0.254 e. The Kier molecular flexibility index (Phi) is 6.58. The van der Waals surface area contributed by atoms with Gasteiger partial charge in [0.05, 0.1) is 30.2 Å². The summed E-state index contributed by atoms with van der Waals surface area (Å²) in [5.41, 5.74) is 1.41. The number of ether oxygens (including phenoxy) is 1. The minimum atomic E-state index is -0.0590. The van der Waals surface area contributed by atoms with E-state index in [2.05, 4.69) is 34.1 Å². The molecule has 0 radical (unpaired) electrons. The third-order valence-electron chi connectivity index (χ3n) is 4.90. The number of nitrogens with one attached hydrogen (secondary N) is 1. The van der Waals surface area contributed by atoms with Gasteiger partial charge >= 0.3 is 0 Å². The van der Waals surface area contributed by atoms with E-state index < -0.39 is 0 Å². The highest BCUT2D eigenvalue weighted by molar-refractivity contribution is 5.95. The summed E-state index contributed by atoms with van der Waals surface area (Å²) < 4.78 is 7.32. The number of carbonyl (C=O) groups excluding carboxylic acids is 1. The number of likely N-dealkylation sites (tertiary alicyclic amines) is 1. The van der Waals surface area contributed by atoms with Gasteiger partial charge in [0.15, 0.2) is 5.82 Å². The van der Waals surface area contributed by atoms with Gasteiger partial charge in [-0.2, -0.15) is 5.10 Å². The summed E-state index contributed by atoms with van der Waals surface area (Å²) in [6, 6.07) is 5.85. The van der Waals surface area contributed by atoms with Crippen LogP contribution in [0.25, 0.3) is 5.82 Å². The van der Waals surface area contributed by atoms with Crippen LogP contribution in [-0.2, 0) is 4.74 Å². The van der Waals surface area contributed by atoms with Crippen molar-refractivity contribution in [3.63, 3.8) is 0 Å². The molecule has 1 saturated heterocycles. The van der Waals surface area contributed by atoms with Crippen molar-refractivity contribution in [1.82, 2.24) is 25.0 Å². The lowest BCUT2D eigenvalue weighted by atomic mass is 10.0. The summed E-state index contributed by atoms with van der Waals surface area (Å²) in [6.07, 6.45) is 5.53. The van der Waals surface area contributed by atoms with Crippen molar-refractivity contribution in [1.29, 1.82) is 0 Å². The van der Waals surface area contributed by atoms with Crippen LogP contribution >= 0.6 is 0 Å². The Bertz CT molecular complexity index is 736. The molecule has 1 aliphatic rings. The molecule has 0 atom stereocenters. The van der Waals surface area contributed by atoms with Gasteiger partial charge in [-0.15, -0.1) is 0 Å². The lowest BCUT2D eigenvalue weighted by Crippen LogP contribution is -2.45. The maximum absolute atomic E-state index is 12.7. The zero-order chi connectivity index (χ0) is 19.2. The molecule has 2 aromatic rings. The van der Waals surface area contributed by atoms with E-state index in [1.165, 1.54) is 0 Å². The zero-order valence-electron chi connectivity index (χ0n) is 16.4. The monoisotopic (exact) mass is 371 g/mol. The number of aromatic nitrogens is 3. The average Bonchev–Trinajstić information content (AvgIpc) is 3.05. The number of piperidine rings is 1. The number of pyridine rings is 1. The summed E-state index contributed by atoms with van der Waals surface area (Å²) in [4.78, 5) is 19.4. The number of hydrogen-bond acceptors (Lipinski definition) is 5. The molecule has 0 aliphatic carbocycles. The highest BCUT2D eigenvalue weighted by Crippen LogP contribution is 2.15. The van der Waals surface area contributed by atoms with Crippen molar-refractivity contribution in [3.8, 4) is 5.82 Å². The largest absolute Gasteiger partial charge is 0.377 e. The fourth-order valence-corrected chi connectivity index (χ4v) is 3.32. The Morgan fingerprint density at radius 3 is 2.78 bits per heavy atom. The Hall–Kier alpha value is -2.25. The minimum Gasteiger partial charge on any atom is -0.377 e. The first-order chi connectivity index (χ1) is 13.0. The summed E-state index contributed by atoms with van der Waals surface area (Å²) in [7, 11) is 0. The highest BCUT2D eigenvalue weighted by atomic mass is 16.5. The molecule has 0 bridgehead atoms. The van der Waals surface area contributed by atoms with E-state index in [0.717, 1.165) is 44.8 Å². The molecule has 0 aromatic carbocycles. The first-order valence-electron chi connectivity index (χ1n) is 9.65. The molecule has 7 heteroatoms. The number of amides is 1. The Balaban J connectivity index is 1.51. The van der Waals surface area contributed by atoms with Gasteiger partial charge in [-0.1, -0.05) is 6.07 Å². The molecular weight excluding hydrogens is 342 g/mol. The fraction of sp³-hybridized carbons (Fsp3) is 0.550. The molecule has 3 rings (SSSR count). The third-order valence-corrected chi connectivity index (χ3v) is 4.90. The number of rotatable bonds is 7. The van der Waals surface area contributed by atoms with Crippen LogP contribution in [0.15, 0.2) is 30.6 Å². The van der Waals surface area contributed by atoms with Gasteiger partial charge in [0.2, 0.25) is 0 Å². The van der Waals surface area contributed by atoms with Crippen molar-refractivity contribution in [2.45, 2.75) is 45.8 Å². The fourth-order valence-electron chi connectivity index (χ4n) is 3.32. The van der Waals surface area contributed by atoms with E-state index in [-0.39, 0.29) is 18.1 Å². The van der Waals surface area contributed by atoms with Crippen molar-refractivity contribution < 1.29 is 9.53 Å². The molecule has 27 heavy (non-hydrogen) atoms. The highest BCUT2D eigenvalue weighted by Gasteiger charge is 2.23. The molecule has 0 saturated carbocycles. The summed E-state index contributed by atoms with van der Waals surface area (Å²) >= 11 is 0. The van der Waals surface area contributed by atoms with Gasteiger partial charge in [-0.3, -0.25) is 4.79 Å². The molecule has 146 valence electrons. The van der Waals surface area contributed by atoms with Gasteiger partial charge in [0.1, 0.15) is 0 Å². The second-order valence-corrected chi connectivity index (χ2v) is 7.25. The molecule has 0 unspecified atom stereocenters. The van der Waals surface area contributed by atoms with E-state index in [9.17, 15) is 4.79 Å².